The molecular weight excluding hydrogens is 457 g/mol. The van der Waals surface area contributed by atoms with E-state index >= 15 is 0 Å². The van der Waals surface area contributed by atoms with Gasteiger partial charge in [0.1, 0.15) is 24.0 Å². The number of para-hydroxylation sites is 1. The van der Waals surface area contributed by atoms with E-state index in [-0.39, 0.29) is 30.7 Å². The summed E-state index contributed by atoms with van der Waals surface area (Å²) in [7, 11) is 0. The fourth-order valence-corrected chi connectivity index (χ4v) is 4.99. The Morgan fingerprint density at radius 1 is 1.31 bits per heavy atom. The minimum atomic E-state index is -0.954. The van der Waals surface area contributed by atoms with Crippen molar-refractivity contribution < 1.29 is 13.9 Å². The normalized spacial score (nSPS) is 19.6. The lowest BCUT2D eigenvalue weighted by Crippen LogP contribution is -2.31. The molecule has 1 fully saturated rings. The van der Waals surface area contributed by atoms with Gasteiger partial charge in [-0.1, -0.05) is 30.0 Å². The van der Waals surface area contributed by atoms with Gasteiger partial charge in [0, 0.05) is 41.2 Å². The number of carbonyl (C=O) groups is 1. The molecule has 2 aliphatic heterocycles. The summed E-state index contributed by atoms with van der Waals surface area (Å²) in [5, 5.41) is 4.13. The second-order valence-corrected chi connectivity index (χ2v) is 9.40. The zero-order valence-corrected chi connectivity index (χ0v) is 19.9. The number of nitrogens with one attached hydrogen (secondary N) is 2. The van der Waals surface area contributed by atoms with Crippen molar-refractivity contribution in [3.05, 3.63) is 82.8 Å². The summed E-state index contributed by atoms with van der Waals surface area (Å²) in [5.41, 5.74) is 4.85. The van der Waals surface area contributed by atoms with Crippen LogP contribution in [0.4, 0.5) is 4.39 Å². The maximum atomic E-state index is 14.2. The number of hydrogen-bond acceptors (Lipinski definition) is 4. The maximum absolute atomic E-state index is 14.2. The van der Waals surface area contributed by atoms with Crippen LogP contribution in [0.2, 0.25) is 0 Å². The molecule has 1 amide bonds. The molecule has 6 rings (SSSR count). The molecule has 0 aliphatic carbocycles. The molecule has 0 radical (unpaired) electrons. The van der Waals surface area contributed by atoms with Gasteiger partial charge in [-0.2, -0.15) is 0 Å². The molecule has 4 aromatic rings. The molecule has 5 heterocycles. The van der Waals surface area contributed by atoms with E-state index in [1.807, 2.05) is 47.9 Å². The van der Waals surface area contributed by atoms with Crippen LogP contribution >= 0.6 is 0 Å². The summed E-state index contributed by atoms with van der Waals surface area (Å²) in [6.07, 6.45) is 2.83. The molecular formula is C28H26FN5O2. The van der Waals surface area contributed by atoms with Crippen LogP contribution in [0.3, 0.4) is 0 Å². The highest BCUT2D eigenvalue weighted by Crippen LogP contribution is 2.30. The van der Waals surface area contributed by atoms with Gasteiger partial charge in [-0.3, -0.25) is 4.79 Å². The van der Waals surface area contributed by atoms with Crippen molar-refractivity contribution in [1.29, 1.82) is 0 Å². The zero-order valence-electron chi connectivity index (χ0n) is 19.9. The van der Waals surface area contributed by atoms with Crippen molar-refractivity contribution in [1.82, 2.24) is 24.8 Å². The van der Waals surface area contributed by atoms with E-state index < -0.39 is 12.2 Å². The summed E-state index contributed by atoms with van der Waals surface area (Å²) in [5.74, 6) is 5.93. The van der Waals surface area contributed by atoms with Crippen molar-refractivity contribution in [3.8, 4) is 11.8 Å². The van der Waals surface area contributed by atoms with E-state index in [9.17, 15) is 9.18 Å². The number of rotatable bonds is 4. The SMILES string of the molecule is Cc1cc(C#C[C@@H]2CCCO2)cc(C(=O)NC(c2cc3ccccc3[nH]2)c2ncn3c2C[C@@H](F)C3)n1. The summed E-state index contributed by atoms with van der Waals surface area (Å²) in [4.78, 5) is 25.9. The molecule has 1 aromatic carbocycles. The van der Waals surface area contributed by atoms with Crippen LogP contribution in [0, 0.1) is 18.8 Å². The largest absolute Gasteiger partial charge is 0.366 e. The summed E-state index contributed by atoms with van der Waals surface area (Å²) >= 11 is 0. The van der Waals surface area contributed by atoms with Crippen LogP contribution in [-0.4, -0.2) is 44.3 Å². The van der Waals surface area contributed by atoms with E-state index in [1.165, 1.54) is 0 Å². The van der Waals surface area contributed by atoms with E-state index in [1.54, 1.807) is 12.4 Å². The first-order chi connectivity index (χ1) is 17.5. The molecule has 3 aromatic heterocycles. The molecule has 3 atom stereocenters. The molecule has 0 bridgehead atoms. The molecule has 2 aliphatic rings. The number of benzene rings is 1. The van der Waals surface area contributed by atoms with Crippen LogP contribution in [0.1, 0.15) is 57.7 Å². The lowest BCUT2D eigenvalue weighted by molar-refractivity contribution is 0.0936. The van der Waals surface area contributed by atoms with Gasteiger partial charge in [-0.15, -0.1) is 0 Å². The summed E-state index contributed by atoms with van der Waals surface area (Å²) < 4.78 is 21.6. The number of amides is 1. The number of alkyl halides is 1. The fraction of sp³-hybridized carbons (Fsp3) is 0.321. The van der Waals surface area contributed by atoms with Crippen LogP contribution < -0.4 is 5.32 Å². The standard InChI is InChI=1S/C28H26FN5O2/c1-17-11-18(8-9-21-6-4-10-36-21)12-24(31-17)28(35)33-26(23-13-19-5-2-3-7-22(19)32-23)27-25-14-20(29)15-34(25)16-30-27/h2-3,5,7,11-13,16,20-21,26,32H,4,6,10,14-15H2,1H3,(H,33,35)/t20-,21+,26?/m1/s1. The Morgan fingerprint density at radius 2 is 2.19 bits per heavy atom. The third-order valence-electron chi connectivity index (χ3n) is 6.69. The molecule has 36 heavy (non-hydrogen) atoms. The fourth-order valence-electron chi connectivity index (χ4n) is 4.99. The minimum Gasteiger partial charge on any atom is -0.366 e. The molecule has 1 unspecified atom stereocenters. The highest BCUT2D eigenvalue weighted by Gasteiger charge is 2.31. The Hall–Kier alpha value is -3.96. The number of aromatic nitrogens is 4. The van der Waals surface area contributed by atoms with Crippen molar-refractivity contribution >= 4 is 16.8 Å². The summed E-state index contributed by atoms with van der Waals surface area (Å²) in [6.45, 7) is 2.85. The Morgan fingerprint density at radius 3 is 3.03 bits per heavy atom. The number of H-pyrrole nitrogens is 1. The average Bonchev–Trinajstić information content (AvgIpc) is 3.65. The number of aryl methyl sites for hydroxylation is 1. The smallest absolute Gasteiger partial charge is 0.270 e. The number of pyridine rings is 1. The highest BCUT2D eigenvalue weighted by molar-refractivity contribution is 5.93. The molecule has 2 N–H and O–H groups in total. The number of imidazole rings is 1. The number of halogens is 1. The van der Waals surface area contributed by atoms with Crippen molar-refractivity contribution in [3.63, 3.8) is 0 Å². The number of ether oxygens (including phenoxy) is 1. The van der Waals surface area contributed by atoms with Gasteiger partial charge in [0.15, 0.2) is 0 Å². The van der Waals surface area contributed by atoms with E-state index in [2.05, 4.69) is 32.1 Å². The predicted octanol–water partition coefficient (Wildman–Crippen LogP) is 4.01. The highest BCUT2D eigenvalue weighted by atomic mass is 19.1. The monoisotopic (exact) mass is 483 g/mol. The second kappa shape index (κ2) is 9.25. The zero-order chi connectivity index (χ0) is 24.6. The van der Waals surface area contributed by atoms with Gasteiger partial charge in [-0.05, 0) is 49.4 Å². The van der Waals surface area contributed by atoms with Crippen molar-refractivity contribution in [2.45, 2.75) is 51.0 Å². The van der Waals surface area contributed by atoms with Gasteiger partial charge in [0.2, 0.25) is 0 Å². The minimum absolute atomic E-state index is 0.0653. The van der Waals surface area contributed by atoms with Gasteiger partial charge < -0.3 is 19.6 Å². The molecule has 0 spiro atoms. The second-order valence-electron chi connectivity index (χ2n) is 9.40. The van der Waals surface area contributed by atoms with Crippen LogP contribution in [-0.2, 0) is 17.7 Å². The van der Waals surface area contributed by atoms with Gasteiger partial charge >= 0.3 is 0 Å². The maximum Gasteiger partial charge on any atom is 0.270 e. The van der Waals surface area contributed by atoms with E-state index in [0.29, 0.717) is 17.0 Å². The third-order valence-corrected chi connectivity index (χ3v) is 6.69. The predicted molar refractivity (Wildman–Crippen MR) is 133 cm³/mol. The van der Waals surface area contributed by atoms with Crippen LogP contribution in [0.5, 0.6) is 0 Å². The molecule has 8 heteroatoms. The number of carbonyl (C=O) groups excluding carboxylic acids is 1. The van der Waals surface area contributed by atoms with Crippen molar-refractivity contribution in [2.75, 3.05) is 6.61 Å². The van der Waals surface area contributed by atoms with E-state index in [4.69, 9.17) is 4.74 Å². The number of aromatic amines is 1. The Balaban J connectivity index is 1.34. The Kier molecular flexibility index (Phi) is 5.78. The van der Waals surface area contributed by atoms with Crippen LogP contribution in [0.15, 0.2) is 48.8 Å². The summed E-state index contributed by atoms with van der Waals surface area (Å²) in [6, 6.07) is 12.9. The van der Waals surface area contributed by atoms with Gasteiger partial charge in [0.05, 0.1) is 18.6 Å². The van der Waals surface area contributed by atoms with Crippen LogP contribution in [0.25, 0.3) is 10.9 Å². The van der Waals surface area contributed by atoms with Crippen molar-refractivity contribution in [2.24, 2.45) is 0 Å². The quantitative estimate of drug-likeness (QED) is 0.430. The first-order valence-electron chi connectivity index (χ1n) is 12.2. The topological polar surface area (TPSA) is 84.8 Å². The Bertz CT molecular complexity index is 1470. The first-order valence-corrected chi connectivity index (χ1v) is 12.2. The lowest BCUT2D eigenvalue weighted by Gasteiger charge is -2.17. The average molecular weight is 484 g/mol. The molecule has 1 saturated heterocycles. The molecule has 182 valence electrons. The molecule has 7 nitrogen and oxygen atoms in total. The van der Waals surface area contributed by atoms with Gasteiger partial charge in [-0.25, -0.2) is 14.4 Å². The number of fused-ring (bicyclic) bond motifs is 2. The van der Waals surface area contributed by atoms with Gasteiger partial charge in [0.25, 0.3) is 5.91 Å². The third kappa shape index (κ3) is 4.38. The lowest BCUT2D eigenvalue weighted by atomic mass is 10.1. The molecule has 0 saturated carbocycles. The number of nitrogens with zero attached hydrogens (tertiary/aromatic N) is 3. The Labute approximate surface area is 208 Å². The number of hydrogen-bond donors (Lipinski definition) is 2. The van der Waals surface area contributed by atoms with E-state index in [0.717, 1.165) is 41.7 Å². The first kappa shape index (κ1) is 22.5.